The van der Waals surface area contributed by atoms with E-state index in [1.165, 1.54) is 18.3 Å². The normalized spacial score (nSPS) is 15.9. The number of hydrogen-bond acceptors (Lipinski definition) is 5. The Morgan fingerprint density at radius 1 is 1.22 bits per heavy atom. The van der Waals surface area contributed by atoms with Crippen LogP contribution in [0.4, 0.5) is 5.69 Å². The zero-order valence-corrected chi connectivity index (χ0v) is 14.5. The van der Waals surface area contributed by atoms with Gasteiger partial charge in [0.25, 0.3) is 11.8 Å². The molecule has 1 aliphatic heterocycles. The SMILES string of the molecule is O=C(NCc1cccc(NC(=O)C2CCCO2)c1)c1ccnc(C(=O)O)c1. The quantitative estimate of drug-likeness (QED) is 0.715. The average Bonchev–Trinajstić information content (AvgIpc) is 3.21. The van der Waals surface area contributed by atoms with Gasteiger partial charge in [-0.15, -0.1) is 0 Å². The maximum atomic E-state index is 12.2. The Kier molecular flexibility index (Phi) is 5.77. The molecular weight excluding hydrogens is 350 g/mol. The molecule has 27 heavy (non-hydrogen) atoms. The molecule has 8 nitrogen and oxygen atoms in total. The fourth-order valence-corrected chi connectivity index (χ4v) is 2.74. The van der Waals surface area contributed by atoms with Crippen LogP contribution in [0.15, 0.2) is 42.6 Å². The van der Waals surface area contributed by atoms with E-state index in [0.29, 0.717) is 18.7 Å². The Balaban J connectivity index is 1.59. The molecule has 1 aromatic heterocycles. The van der Waals surface area contributed by atoms with Gasteiger partial charge in [-0.1, -0.05) is 12.1 Å². The number of benzene rings is 1. The average molecular weight is 369 g/mol. The molecule has 2 amide bonds. The number of rotatable bonds is 6. The molecule has 8 heteroatoms. The number of carbonyl (C=O) groups excluding carboxylic acids is 2. The van der Waals surface area contributed by atoms with Gasteiger partial charge < -0.3 is 20.5 Å². The van der Waals surface area contributed by atoms with Crippen molar-refractivity contribution >= 4 is 23.5 Å². The second-order valence-corrected chi connectivity index (χ2v) is 6.11. The van der Waals surface area contributed by atoms with Gasteiger partial charge in [0.05, 0.1) is 0 Å². The largest absolute Gasteiger partial charge is 0.477 e. The molecule has 0 aliphatic carbocycles. The monoisotopic (exact) mass is 369 g/mol. The van der Waals surface area contributed by atoms with Gasteiger partial charge in [-0.25, -0.2) is 9.78 Å². The van der Waals surface area contributed by atoms with Crippen molar-refractivity contribution in [3.05, 3.63) is 59.4 Å². The first-order valence-electron chi connectivity index (χ1n) is 8.52. The molecule has 0 spiro atoms. The molecule has 1 unspecified atom stereocenters. The Morgan fingerprint density at radius 2 is 2.07 bits per heavy atom. The number of amides is 2. The Labute approximate surface area is 155 Å². The molecule has 1 saturated heterocycles. The molecule has 3 N–H and O–H groups in total. The molecule has 2 aromatic rings. The molecule has 1 fully saturated rings. The summed E-state index contributed by atoms with van der Waals surface area (Å²) in [4.78, 5) is 38.9. The number of carbonyl (C=O) groups is 3. The number of aromatic carboxylic acids is 1. The molecule has 1 aromatic carbocycles. The number of hydrogen-bond donors (Lipinski definition) is 3. The Hall–Kier alpha value is -3.26. The van der Waals surface area contributed by atoms with Crippen LogP contribution < -0.4 is 10.6 Å². The first-order valence-corrected chi connectivity index (χ1v) is 8.52. The van der Waals surface area contributed by atoms with Crippen LogP contribution in [-0.4, -0.2) is 40.6 Å². The van der Waals surface area contributed by atoms with E-state index in [0.717, 1.165) is 12.0 Å². The first kappa shape index (κ1) is 18.5. The molecule has 0 saturated carbocycles. The second kappa shape index (κ2) is 8.41. The van der Waals surface area contributed by atoms with Gasteiger partial charge in [-0.2, -0.15) is 0 Å². The zero-order chi connectivity index (χ0) is 19.2. The highest BCUT2D eigenvalue weighted by atomic mass is 16.5. The van der Waals surface area contributed by atoms with Crippen LogP contribution in [0.3, 0.4) is 0 Å². The summed E-state index contributed by atoms with van der Waals surface area (Å²) in [7, 11) is 0. The number of pyridine rings is 1. The number of nitrogens with zero attached hydrogens (tertiary/aromatic N) is 1. The third-order valence-electron chi connectivity index (χ3n) is 4.11. The topological polar surface area (TPSA) is 118 Å². The van der Waals surface area contributed by atoms with Crippen LogP contribution in [0, 0.1) is 0 Å². The lowest BCUT2D eigenvalue weighted by Crippen LogP contribution is -2.27. The van der Waals surface area contributed by atoms with Crippen molar-refractivity contribution in [2.24, 2.45) is 0 Å². The minimum Gasteiger partial charge on any atom is -0.477 e. The van der Waals surface area contributed by atoms with Crippen LogP contribution in [0.2, 0.25) is 0 Å². The van der Waals surface area contributed by atoms with Crippen molar-refractivity contribution in [3.63, 3.8) is 0 Å². The van der Waals surface area contributed by atoms with Crippen molar-refractivity contribution in [1.82, 2.24) is 10.3 Å². The maximum absolute atomic E-state index is 12.2. The molecule has 0 bridgehead atoms. The molecular formula is C19H19N3O5. The highest BCUT2D eigenvalue weighted by Gasteiger charge is 2.23. The highest BCUT2D eigenvalue weighted by molar-refractivity contribution is 5.96. The van der Waals surface area contributed by atoms with E-state index in [4.69, 9.17) is 9.84 Å². The van der Waals surface area contributed by atoms with Crippen molar-refractivity contribution in [3.8, 4) is 0 Å². The summed E-state index contributed by atoms with van der Waals surface area (Å²) in [6.07, 6.45) is 2.46. The van der Waals surface area contributed by atoms with E-state index in [-0.39, 0.29) is 23.7 Å². The lowest BCUT2D eigenvalue weighted by atomic mass is 10.1. The van der Waals surface area contributed by atoms with Crippen LogP contribution in [0.25, 0.3) is 0 Å². The highest BCUT2D eigenvalue weighted by Crippen LogP contribution is 2.16. The fraction of sp³-hybridized carbons (Fsp3) is 0.263. The Morgan fingerprint density at radius 3 is 2.81 bits per heavy atom. The van der Waals surface area contributed by atoms with E-state index in [9.17, 15) is 14.4 Å². The molecule has 2 heterocycles. The number of carboxylic acid groups (broad SMARTS) is 1. The molecule has 0 radical (unpaired) electrons. The zero-order valence-electron chi connectivity index (χ0n) is 14.5. The third-order valence-corrected chi connectivity index (χ3v) is 4.11. The summed E-state index contributed by atoms with van der Waals surface area (Å²) in [6.45, 7) is 0.829. The van der Waals surface area contributed by atoms with Gasteiger partial charge in [0.2, 0.25) is 0 Å². The Bertz CT molecular complexity index is 862. The summed E-state index contributed by atoms with van der Waals surface area (Å²) >= 11 is 0. The van der Waals surface area contributed by atoms with Crippen molar-refractivity contribution < 1.29 is 24.2 Å². The minimum absolute atomic E-state index is 0.174. The standard InChI is InChI=1S/C19H19N3O5/c23-17(13-6-7-20-15(10-13)19(25)26)21-11-12-3-1-4-14(9-12)22-18(24)16-5-2-8-27-16/h1,3-4,6-7,9-10,16H,2,5,8,11H2,(H,21,23)(H,22,24)(H,25,26). The van der Waals surface area contributed by atoms with E-state index in [1.54, 1.807) is 18.2 Å². The number of anilines is 1. The maximum Gasteiger partial charge on any atom is 0.354 e. The predicted molar refractivity (Wildman–Crippen MR) is 96.4 cm³/mol. The summed E-state index contributed by atoms with van der Waals surface area (Å²) < 4.78 is 5.36. The van der Waals surface area contributed by atoms with E-state index in [1.807, 2.05) is 6.07 Å². The van der Waals surface area contributed by atoms with Crippen LogP contribution in [0.5, 0.6) is 0 Å². The van der Waals surface area contributed by atoms with E-state index in [2.05, 4.69) is 15.6 Å². The van der Waals surface area contributed by atoms with Crippen LogP contribution in [0.1, 0.15) is 39.3 Å². The van der Waals surface area contributed by atoms with Crippen LogP contribution in [-0.2, 0) is 16.1 Å². The fourth-order valence-electron chi connectivity index (χ4n) is 2.74. The van der Waals surface area contributed by atoms with Gasteiger partial charge in [0, 0.05) is 30.6 Å². The van der Waals surface area contributed by atoms with E-state index >= 15 is 0 Å². The first-order chi connectivity index (χ1) is 13.0. The number of carboxylic acids is 1. The summed E-state index contributed by atoms with van der Waals surface area (Å²) in [5, 5.41) is 14.5. The predicted octanol–water partition coefficient (Wildman–Crippen LogP) is 1.83. The van der Waals surface area contributed by atoms with Crippen LogP contribution >= 0.6 is 0 Å². The third kappa shape index (κ3) is 4.89. The van der Waals surface area contributed by atoms with E-state index < -0.39 is 18.0 Å². The molecule has 3 rings (SSSR count). The second-order valence-electron chi connectivity index (χ2n) is 6.11. The van der Waals surface area contributed by atoms with Gasteiger partial charge in [-0.05, 0) is 42.7 Å². The number of nitrogens with one attached hydrogen (secondary N) is 2. The summed E-state index contributed by atoms with van der Waals surface area (Å²) in [5.74, 6) is -1.78. The molecule has 140 valence electrons. The van der Waals surface area contributed by atoms with Gasteiger partial charge in [-0.3, -0.25) is 9.59 Å². The van der Waals surface area contributed by atoms with Crippen molar-refractivity contribution in [2.75, 3.05) is 11.9 Å². The number of aromatic nitrogens is 1. The van der Waals surface area contributed by atoms with Crippen molar-refractivity contribution in [1.29, 1.82) is 0 Å². The summed E-state index contributed by atoms with van der Waals surface area (Å²) in [6, 6.07) is 9.79. The molecule has 1 aliphatic rings. The minimum atomic E-state index is -1.20. The van der Waals surface area contributed by atoms with Gasteiger partial charge in [0.1, 0.15) is 11.8 Å². The summed E-state index contributed by atoms with van der Waals surface area (Å²) in [5.41, 5.74) is 1.44. The van der Waals surface area contributed by atoms with Crippen molar-refractivity contribution in [2.45, 2.75) is 25.5 Å². The lowest BCUT2D eigenvalue weighted by molar-refractivity contribution is -0.124. The van der Waals surface area contributed by atoms with Gasteiger partial charge >= 0.3 is 5.97 Å². The van der Waals surface area contributed by atoms with Gasteiger partial charge in [0.15, 0.2) is 0 Å². The molecule has 1 atom stereocenters. The number of ether oxygens (including phenoxy) is 1. The lowest BCUT2D eigenvalue weighted by Gasteiger charge is -2.12. The smallest absolute Gasteiger partial charge is 0.354 e.